The van der Waals surface area contributed by atoms with Crippen molar-refractivity contribution in [2.45, 2.75) is 12.8 Å². The van der Waals surface area contributed by atoms with Crippen molar-refractivity contribution < 1.29 is 14.4 Å². The van der Waals surface area contributed by atoms with Crippen molar-refractivity contribution in [2.24, 2.45) is 5.41 Å². The van der Waals surface area contributed by atoms with Crippen molar-refractivity contribution in [2.75, 3.05) is 9.80 Å². The summed E-state index contributed by atoms with van der Waals surface area (Å²) in [5, 5.41) is 0. The summed E-state index contributed by atoms with van der Waals surface area (Å²) in [4.78, 5) is 42.1. The van der Waals surface area contributed by atoms with Gasteiger partial charge in [0.15, 0.2) is 0 Å². The lowest BCUT2D eigenvalue weighted by Crippen LogP contribution is -2.65. The zero-order valence-electron chi connectivity index (χ0n) is 14.9. The maximum absolute atomic E-state index is 13.4. The van der Waals surface area contributed by atoms with Crippen molar-refractivity contribution in [1.29, 1.82) is 0 Å². The molecule has 1 saturated heterocycles. The van der Waals surface area contributed by atoms with Gasteiger partial charge in [-0.25, -0.2) is 14.6 Å². The van der Waals surface area contributed by atoms with E-state index in [-0.39, 0.29) is 12.8 Å². The second-order valence-electron chi connectivity index (χ2n) is 6.30. The van der Waals surface area contributed by atoms with E-state index >= 15 is 0 Å². The molecule has 2 aromatic rings. The molecule has 1 heterocycles. The first kappa shape index (κ1) is 18.3. The fourth-order valence-electron chi connectivity index (χ4n) is 3.33. The number of rotatable bonds is 6. The molecule has 0 unspecified atom stereocenters. The van der Waals surface area contributed by atoms with E-state index in [1.807, 2.05) is 0 Å². The van der Waals surface area contributed by atoms with Crippen molar-refractivity contribution in [3.63, 3.8) is 0 Å². The number of carbonyl (C=O) groups is 3. The third-order valence-corrected chi connectivity index (χ3v) is 4.62. The van der Waals surface area contributed by atoms with Crippen LogP contribution in [0.2, 0.25) is 0 Å². The number of para-hydroxylation sites is 2. The minimum Gasteiger partial charge on any atom is -0.273 e. The smallest absolute Gasteiger partial charge is 0.273 e. The highest BCUT2D eigenvalue weighted by Crippen LogP contribution is 2.40. The topological polar surface area (TPSA) is 57.7 Å². The number of hydrogen-bond acceptors (Lipinski definition) is 3. The third-order valence-electron chi connectivity index (χ3n) is 4.62. The van der Waals surface area contributed by atoms with E-state index < -0.39 is 23.3 Å². The van der Waals surface area contributed by atoms with E-state index in [9.17, 15) is 14.4 Å². The summed E-state index contributed by atoms with van der Waals surface area (Å²) in [6.07, 6.45) is 3.27. The van der Waals surface area contributed by atoms with Crippen LogP contribution in [0.15, 0.2) is 86.0 Å². The Morgan fingerprint density at radius 3 is 1.41 bits per heavy atom. The van der Waals surface area contributed by atoms with Crippen molar-refractivity contribution in [3.8, 4) is 0 Å². The number of imide groups is 2. The Kier molecular flexibility index (Phi) is 5.03. The molecule has 136 valence electrons. The first-order valence-corrected chi connectivity index (χ1v) is 8.62. The normalized spacial score (nSPS) is 16.4. The minimum absolute atomic E-state index is 0.108. The highest BCUT2D eigenvalue weighted by Gasteiger charge is 2.56. The van der Waals surface area contributed by atoms with E-state index in [4.69, 9.17) is 0 Å². The standard InChI is InChI=1S/C22H20N2O3/c1-3-15-22(16-4-2)19(25)23(17-11-7-5-8-12-17)21(27)24(20(22)26)18-13-9-6-10-14-18/h3-14H,1-2,15-16H2. The summed E-state index contributed by atoms with van der Waals surface area (Å²) in [6, 6.07) is 16.5. The van der Waals surface area contributed by atoms with Gasteiger partial charge in [-0.15, -0.1) is 13.2 Å². The van der Waals surface area contributed by atoms with Crippen molar-refractivity contribution in [1.82, 2.24) is 0 Å². The van der Waals surface area contributed by atoms with Crippen LogP contribution in [0, 0.1) is 5.41 Å². The van der Waals surface area contributed by atoms with Crippen LogP contribution in [0.4, 0.5) is 16.2 Å². The number of anilines is 2. The first-order chi connectivity index (χ1) is 13.1. The van der Waals surface area contributed by atoms with E-state index in [0.717, 1.165) is 9.80 Å². The molecule has 0 saturated carbocycles. The molecule has 5 nitrogen and oxygen atoms in total. The molecule has 0 N–H and O–H groups in total. The Morgan fingerprint density at radius 2 is 1.07 bits per heavy atom. The van der Waals surface area contributed by atoms with Gasteiger partial charge in [0, 0.05) is 0 Å². The summed E-state index contributed by atoms with van der Waals surface area (Å²) in [7, 11) is 0. The molecule has 0 atom stereocenters. The quantitative estimate of drug-likeness (QED) is 0.569. The predicted octanol–water partition coefficient (Wildman–Crippen LogP) is 4.33. The van der Waals surface area contributed by atoms with Crippen LogP contribution in [-0.4, -0.2) is 17.8 Å². The first-order valence-electron chi connectivity index (χ1n) is 8.62. The van der Waals surface area contributed by atoms with Gasteiger partial charge in [0.1, 0.15) is 5.41 Å². The van der Waals surface area contributed by atoms with Gasteiger partial charge in [-0.2, -0.15) is 0 Å². The Morgan fingerprint density at radius 1 is 0.704 bits per heavy atom. The van der Waals surface area contributed by atoms with E-state index in [0.29, 0.717) is 11.4 Å². The number of allylic oxidation sites excluding steroid dienone is 2. The number of urea groups is 1. The van der Waals surface area contributed by atoms with Crippen LogP contribution >= 0.6 is 0 Å². The molecular weight excluding hydrogens is 340 g/mol. The largest absolute Gasteiger partial charge is 0.342 e. The van der Waals surface area contributed by atoms with Gasteiger partial charge in [0.25, 0.3) is 11.8 Å². The van der Waals surface area contributed by atoms with E-state index in [2.05, 4.69) is 13.2 Å². The van der Waals surface area contributed by atoms with Crippen LogP contribution in [0.25, 0.3) is 0 Å². The third kappa shape index (κ3) is 2.97. The molecule has 1 aliphatic heterocycles. The van der Waals surface area contributed by atoms with Crippen molar-refractivity contribution >= 4 is 29.2 Å². The van der Waals surface area contributed by atoms with Gasteiger partial charge in [0.2, 0.25) is 0 Å². The molecule has 0 radical (unpaired) electrons. The van der Waals surface area contributed by atoms with Crippen LogP contribution in [-0.2, 0) is 9.59 Å². The Hall–Kier alpha value is -3.47. The number of benzene rings is 2. The highest BCUT2D eigenvalue weighted by molar-refractivity contribution is 6.38. The molecule has 0 spiro atoms. The zero-order chi connectivity index (χ0) is 19.4. The SMILES string of the molecule is C=CCC1(CC=C)C(=O)N(c2ccccc2)C(=O)N(c2ccccc2)C1=O. The Balaban J connectivity index is 2.22. The molecule has 27 heavy (non-hydrogen) atoms. The van der Waals surface area contributed by atoms with Gasteiger partial charge in [0.05, 0.1) is 11.4 Å². The number of barbiturate groups is 1. The summed E-state index contributed by atoms with van der Waals surface area (Å²) < 4.78 is 0. The van der Waals surface area contributed by atoms with Crippen LogP contribution < -0.4 is 9.80 Å². The summed E-state index contributed by atoms with van der Waals surface area (Å²) in [5.41, 5.74) is -0.625. The zero-order valence-corrected chi connectivity index (χ0v) is 14.9. The van der Waals surface area contributed by atoms with E-state index in [1.54, 1.807) is 60.7 Å². The molecule has 4 amide bonds. The lowest BCUT2D eigenvalue weighted by molar-refractivity contribution is -0.140. The lowest BCUT2D eigenvalue weighted by atomic mass is 9.76. The van der Waals surface area contributed by atoms with Gasteiger partial charge in [-0.3, -0.25) is 9.59 Å². The average molecular weight is 360 g/mol. The molecular formula is C22H20N2O3. The lowest BCUT2D eigenvalue weighted by Gasteiger charge is -2.43. The number of nitrogens with zero attached hydrogens (tertiary/aromatic N) is 2. The van der Waals surface area contributed by atoms with Crippen LogP contribution in [0.1, 0.15) is 12.8 Å². The summed E-state index contributed by atoms with van der Waals surface area (Å²) >= 11 is 0. The van der Waals surface area contributed by atoms with Crippen LogP contribution in [0.3, 0.4) is 0 Å². The number of hydrogen-bond donors (Lipinski definition) is 0. The summed E-state index contributed by atoms with van der Waals surface area (Å²) in [6.45, 7) is 7.41. The van der Waals surface area contributed by atoms with Crippen molar-refractivity contribution in [3.05, 3.63) is 86.0 Å². The fraction of sp³-hybridized carbons (Fsp3) is 0.136. The Labute approximate surface area is 158 Å². The monoisotopic (exact) mass is 360 g/mol. The molecule has 0 aromatic heterocycles. The van der Waals surface area contributed by atoms with Gasteiger partial charge < -0.3 is 0 Å². The van der Waals surface area contributed by atoms with Gasteiger partial charge in [-0.05, 0) is 37.1 Å². The number of amides is 4. The van der Waals surface area contributed by atoms with Gasteiger partial charge in [-0.1, -0.05) is 48.6 Å². The second-order valence-corrected chi connectivity index (χ2v) is 6.30. The summed E-state index contributed by atoms with van der Waals surface area (Å²) in [5.74, 6) is -1.12. The molecule has 0 aliphatic carbocycles. The maximum Gasteiger partial charge on any atom is 0.342 e. The Bertz CT molecular complexity index is 817. The molecule has 2 aromatic carbocycles. The van der Waals surface area contributed by atoms with Gasteiger partial charge >= 0.3 is 6.03 Å². The molecule has 1 fully saturated rings. The van der Waals surface area contributed by atoms with Crippen LogP contribution in [0.5, 0.6) is 0 Å². The highest BCUT2D eigenvalue weighted by atomic mass is 16.2. The maximum atomic E-state index is 13.4. The predicted molar refractivity (Wildman–Crippen MR) is 105 cm³/mol. The minimum atomic E-state index is -1.46. The molecule has 1 aliphatic rings. The molecule has 3 rings (SSSR count). The number of carbonyl (C=O) groups excluding carboxylic acids is 3. The average Bonchev–Trinajstić information content (AvgIpc) is 2.68. The molecule has 5 heteroatoms. The molecule has 0 bridgehead atoms. The second kappa shape index (κ2) is 7.41. The fourth-order valence-corrected chi connectivity index (χ4v) is 3.33. The van der Waals surface area contributed by atoms with E-state index in [1.165, 1.54) is 12.2 Å².